The molecular formula is C39H28N2O4. The molecule has 6 heteroatoms. The first-order valence-corrected chi connectivity index (χ1v) is 15.0. The number of nitriles is 2. The van der Waals surface area contributed by atoms with Gasteiger partial charge in [0.25, 0.3) is 0 Å². The third-order valence-corrected chi connectivity index (χ3v) is 8.22. The third-order valence-electron chi connectivity index (χ3n) is 8.22. The molecule has 3 aliphatic carbocycles. The number of allylic oxidation sites excluding steroid dienone is 2. The van der Waals surface area contributed by atoms with Crippen molar-refractivity contribution in [3.05, 3.63) is 129 Å². The van der Waals surface area contributed by atoms with Crippen LogP contribution in [0.3, 0.4) is 0 Å². The second-order valence-electron chi connectivity index (χ2n) is 11.5. The fourth-order valence-corrected chi connectivity index (χ4v) is 6.70. The van der Waals surface area contributed by atoms with Crippen molar-refractivity contribution in [1.29, 1.82) is 10.5 Å². The minimum Gasteiger partial charge on any atom is -0.504 e. The van der Waals surface area contributed by atoms with Gasteiger partial charge in [0.15, 0.2) is 34.5 Å². The van der Waals surface area contributed by atoms with Crippen molar-refractivity contribution in [2.45, 2.75) is 45.6 Å². The molecular weight excluding hydrogens is 560 g/mol. The summed E-state index contributed by atoms with van der Waals surface area (Å²) in [5.41, 5.74) is 12.9. The number of fused-ring (bicyclic) bond motifs is 11. The summed E-state index contributed by atoms with van der Waals surface area (Å²) in [7, 11) is 0. The van der Waals surface area contributed by atoms with E-state index in [9.17, 15) is 15.6 Å². The van der Waals surface area contributed by atoms with Gasteiger partial charge in [-0.25, -0.2) is 0 Å². The molecule has 0 bridgehead atoms. The minimum atomic E-state index is -0.753. The summed E-state index contributed by atoms with van der Waals surface area (Å²) in [6.07, 6.45) is 1.15. The van der Waals surface area contributed by atoms with E-state index in [-0.39, 0.29) is 34.5 Å². The largest absolute Gasteiger partial charge is 0.504 e. The van der Waals surface area contributed by atoms with Crippen molar-refractivity contribution in [2.75, 3.05) is 0 Å². The summed E-state index contributed by atoms with van der Waals surface area (Å²) in [5.74, 6) is 1.66. The first-order chi connectivity index (χ1) is 21.9. The van der Waals surface area contributed by atoms with E-state index in [1.165, 1.54) is 6.42 Å². The van der Waals surface area contributed by atoms with Gasteiger partial charge in [0.1, 0.15) is 23.3 Å². The Morgan fingerprint density at radius 3 is 1.76 bits per heavy atom. The summed E-state index contributed by atoms with van der Waals surface area (Å²) < 4.78 is 18.5. The molecule has 1 atom stereocenters. The van der Waals surface area contributed by atoms with E-state index >= 15 is 0 Å². The lowest BCUT2D eigenvalue weighted by Crippen LogP contribution is -2.26. The van der Waals surface area contributed by atoms with Crippen molar-refractivity contribution in [3.8, 4) is 57.4 Å². The number of rotatable bonds is 2. The number of ether oxygens (including phenoxy) is 3. The topological polar surface area (TPSA) is 95.5 Å². The summed E-state index contributed by atoms with van der Waals surface area (Å²) >= 11 is 0. The van der Waals surface area contributed by atoms with Crippen LogP contribution in [-0.4, -0.2) is 11.2 Å². The number of aromatic hydroxyl groups is 1. The van der Waals surface area contributed by atoms with Gasteiger partial charge in [-0.3, -0.25) is 0 Å². The molecule has 1 N–H and O–H groups in total. The number of hydrogen-bond acceptors (Lipinski definition) is 6. The van der Waals surface area contributed by atoms with E-state index in [4.69, 9.17) is 14.2 Å². The molecule has 0 saturated carbocycles. The lowest BCUT2D eigenvalue weighted by atomic mass is 9.70. The fourth-order valence-electron chi connectivity index (χ4n) is 6.70. The third kappa shape index (κ3) is 3.88. The summed E-state index contributed by atoms with van der Waals surface area (Å²) in [6, 6.07) is 28.3. The molecule has 1 unspecified atom stereocenters. The van der Waals surface area contributed by atoms with Crippen molar-refractivity contribution in [1.82, 2.24) is 0 Å². The molecule has 0 aromatic heterocycles. The molecule has 6 nitrogen and oxygen atoms in total. The van der Waals surface area contributed by atoms with Crippen molar-refractivity contribution >= 4 is 0 Å². The zero-order valence-corrected chi connectivity index (χ0v) is 25.3. The molecule has 0 radical (unpaired) electrons. The Bertz CT molecular complexity index is 2180. The molecule has 4 aromatic carbocycles. The highest BCUT2D eigenvalue weighted by molar-refractivity contribution is 5.96. The van der Waals surface area contributed by atoms with Crippen LogP contribution in [0.1, 0.15) is 56.4 Å². The maximum Gasteiger partial charge on any atom is 0.198 e. The number of benzene rings is 4. The van der Waals surface area contributed by atoms with Gasteiger partial charge in [0.05, 0.1) is 11.5 Å². The summed E-state index contributed by atoms with van der Waals surface area (Å²) in [5, 5.41) is 30.6. The predicted molar refractivity (Wildman–Crippen MR) is 170 cm³/mol. The lowest BCUT2D eigenvalue weighted by Gasteiger charge is -2.31. The molecule has 45 heavy (non-hydrogen) atoms. The zero-order chi connectivity index (χ0) is 31.5. The average Bonchev–Trinajstić information content (AvgIpc) is 3.48. The Morgan fingerprint density at radius 2 is 1.22 bits per heavy atom. The zero-order valence-electron chi connectivity index (χ0n) is 25.3. The molecule has 1 aliphatic heterocycles. The van der Waals surface area contributed by atoms with Gasteiger partial charge in [-0.05, 0) is 94.1 Å². The molecule has 1 spiro atoms. The molecule has 0 fully saturated rings. The van der Waals surface area contributed by atoms with E-state index in [1.807, 2.05) is 62.4 Å². The molecule has 8 rings (SSSR count). The summed E-state index contributed by atoms with van der Waals surface area (Å²) in [6.45, 7) is 8.12. The van der Waals surface area contributed by atoms with Crippen LogP contribution in [0.25, 0.3) is 22.3 Å². The fraction of sp³-hybridized carbons (Fsp3) is 0.179. The number of phenols is 1. The maximum atomic E-state index is 11.2. The smallest absolute Gasteiger partial charge is 0.198 e. The van der Waals surface area contributed by atoms with E-state index < -0.39 is 5.41 Å². The molecule has 1 heterocycles. The number of nitrogens with zero attached hydrogens (tertiary/aromatic N) is 2. The van der Waals surface area contributed by atoms with Gasteiger partial charge in [0, 0.05) is 0 Å². The maximum absolute atomic E-state index is 11.2. The van der Waals surface area contributed by atoms with E-state index in [0.717, 1.165) is 44.5 Å². The highest BCUT2D eigenvalue weighted by atomic mass is 16.6. The van der Waals surface area contributed by atoms with Crippen molar-refractivity contribution < 1.29 is 19.3 Å². The van der Waals surface area contributed by atoms with E-state index in [0.29, 0.717) is 17.2 Å². The van der Waals surface area contributed by atoms with Crippen molar-refractivity contribution in [2.24, 2.45) is 0 Å². The Labute approximate surface area is 261 Å². The SMILES string of the molecule is CC(C)Oc1cc2c(cc1O)C1(c3ccccc3-2)c2ccccc2-c2cc3c(cc21)OC1=C(O3)C(C#N)=C=C=C1C#N.CCC. The van der Waals surface area contributed by atoms with Gasteiger partial charge in [0.2, 0.25) is 0 Å². The molecule has 0 amide bonds. The van der Waals surface area contributed by atoms with E-state index in [1.54, 1.807) is 0 Å². The van der Waals surface area contributed by atoms with Crippen LogP contribution in [0, 0.1) is 22.7 Å². The summed E-state index contributed by atoms with van der Waals surface area (Å²) in [4.78, 5) is 0. The van der Waals surface area contributed by atoms with Crippen LogP contribution in [0.5, 0.6) is 23.0 Å². The Morgan fingerprint density at radius 1 is 0.733 bits per heavy atom. The Kier molecular flexibility index (Phi) is 6.43. The Balaban J connectivity index is 0.00000104. The second-order valence-corrected chi connectivity index (χ2v) is 11.5. The molecule has 218 valence electrons. The molecule has 0 saturated heterocycles. The number of hydrogen-bond donors (Lipinski definition) is 1. The first-order valence-electron chi connectivity index (χ1n) is 15.0. The highest BCUT2D eigenvalue weighted by Crippen LogP contribution is 2.65. The lowest BCUT2D eigenvalue weighted by molar-refractivity contribution is 0.232. The monoisotopic (exact) mass is 588 g/mol. The van der Waals surface area contributed by atoms with Gasteiger partial charge in [-0.15, -0.1) is 0 Å². The second kappa shape index (κ2) is 10.4. The molecule has 4 aromatic rings. The minimum absolute atomic E-state index is 0.0708. The highest BCUT2D eigenvalue weighted by Gasteiger charge is 2.53. The first kappa shape index (κ1) is 27.9. The molecule has 4 aliphatic rings. The predicted octanol–water partition coefficient (Wildman–Crippen LogP) is 8.59. The van der Waals surface area contributed by atoms with E-state index in [2.05, 4.69) is 61.7 Å². The van der Waals surface area contributed by atoms with Crippen LogP contribution < -0.4 is 14.2 Å². The van der Waals surface area contributed by atoms with Crippen molar-refractivity contribution in [3.63, 3.8) is 0 Å². The van der Waals surface area contributed by atoms with Gasteiger partial charge in [-0.1, -0.05) is 68.8 Å². The van der Waals surface area contributed by atoms with Gasteiger partial charge in [-0.2, -0.15) is 10.5 Å². The van der Waals surface area contributed by atoms with Crippen LogP contribution >= 0.6 is 0 Å². The average molecular weight is 589 g/mol. The van der Waals surface area contributed by atoms with Crippen LogP contribution in [0.2, 0.25) is 0 Å². The van der Waals surface area contributed by atoms with Crippen LogP contribution in [-0.2, 0) is 5.41 Å². The van der Waals surface area contributed by atoms with Gasteiger partial charge >= 0.3 is 0 Å². The Hall–Kier alpha value is -5.90. The van der Waals surface area contributed by atoms with Crippen LogP contribution in [0.4, 0.5) is 0 Å². The number of phenolic OH excluding ortho intramolecular Hbond substituents is 1. The van der Waals surface area contributed by atoms with Crippen LogP contribution in [0.15, 0.2) is 107 Å². The normalized spacial score (nSPS) is 17.0. The quantitative estimate of drug-likeness (QED) is 0.204. The van der Waals surface area contributed by atoms with Gasteiger partial charge < -0.3 is 19.3 Å². The standard InChI is InChI=1S/C36H20N2O4.C3H8/c1-19(2)40-31-13-24-22-7-3-5-9-26(22)36(28(24)15-30(31)39)27-10-6-4-8-23(27)25-14-32-33(16-29(25)36)42-35-21(18-38)12-11-20(17-37)34(35)41-32;1-3-2/h3-10,13-16,19,39H,1-2H3;3H2,1-2H3.